The number of hydrogen-bond acceptors (Lipinski definition) is 5. The summed E-state index contributed by atoms with van der Waals surface area (Å²) in [5.41, 5.74) is 6.69. The van der Waals surface area contributed by atoms with Gasteiger partial charge in [-0.2, -0.15) is 5.10 Å². The molecule has 21 heavy (non-hydrogen) atoms. The van der Waals surface area contributed by atoms with Crippen LogP contribution >= 0.6 is 0 Å². The van der Waals surface area contributed by atoms with Crippen LogP contribution in [-0.4, -0.2) is 28.4 Å². The lowest BCUT2D eigenvalue weighted by Crippen LogP contribution is -2.10. The predicted octanol–water partition coefficient (Wildman–Crippen LogP) is 1.78. The molecule has 2 rings (SSSR count). The number of nitrogens with zero attached hydrogens (tertiary/aromatic N) is 3. The summed E-state index contributed by atoms with van der Waals surface area (Å²) in [4.78, 5) is 4.24. The molecule has 0 fully saturated rings. The largest absolute Gasteiger partial charge is 0.497 e. The van der Waals surface area contributed by atoms with Crippen molar-refractivity contribution in [1.29, 1.82) is 0 Å². The quantitative estimate of drug-likeness (QED) is 0.802. The Labute approximate surface area is 124 Å². The van der Waals surface area contributed by atoms with Crippen molar-refractivity contribution in [3.63, 3.8) is 0 Å². The van der Waals surface area contributed by atoms with Crippen LogP contribution in [0.5, 0.6) is 11.5 Å². The number of aryl methyl sites for hydroxylation is 1. The molecular weight excluding hydrogens is 268 g/mol. The second kappa shape index (κ2) is 7.64. The maximum atomic E-state index is 5.89. The Hall–Kier alpha value is -2.08. The Morgan fingerprint density at radius 1 is 1.33 bits per heavy atom. The maximum absolute atomic E-state index is 5.89. The molecule has 0 saturated heterocycles. The van der Waals surface area contributed by atoms with Crippen LogP contribution in [0.25, 0.3) is 0 Å². The van der Waals surface area contributed by atoms with Gasteiger partial charge in [0.2, 0.25) is 0 Å². The monoisotopic (exact) mass is 290 g/mol. The summed E-state index contributed by atoms with van der Waals surface area (Å²) >= 11 is 0. The lowest BCUT2D eigenvalue weighted by molar-refractivity contribution is 0.282. The number of aromatic nitrogens is 3. The van der Waals surface area contributed by atoms with Crippen LogP contribution in [0.4, 0.5) is 0 Å². The van der Waals surface area contributed by atoms with Crippen molar-refractivity contribution in [3.05, 3.63) is 35.9 Å². The fraction of sp³-hybridized carbons (Fsp3) is 0.467. The molecule has 1 aromatic carbocycles. The molecule has 0 amide bonds. The Morgan fingerprint density at radius 3 is 2.90 bits per heavy atom. The van der Waals surface area contributed by atoms with Gasteiger partial charge in [-0.1, -0.05) is 6.92 Å². The lowest BCUT2D eigenvalue weighted by atomic mass is 10.1. The Kier molecular flexibility index (Phi) is 5.57. The smallest absolute Gasteiger partial charge is 0.164 e. The van der Waals surface area contributed by atoms with E-state index in [1.165, 1.54) is 0 Å². The van der Waals surface area contributed by atoms with E-state index in [1.54, 1.807) is 13.4 Å². The van der Waals surface area contributed by atoms with E-state index < -0.39 is 0 Å². The molecule has 114 valence electrons. The van der Waals surface area contributed by atoms with E-state index >= 15 is 0 Å². The van der Waals surface area contributed by atoms with Crippen LogP contribution in [0.2, 0.25) is 0 Å². The van der Waals surface area contributed by atoms with Gasteiger partial charge in [-0.15, -0.1) is 0 Å². The summed E-state index contributed by atoms with van der Waals surface area (Å²) in [6, 6.07) is 5.75. The predicted molar refractivity (Wildman–Crippen MR) is 80.4 cm³/mol. The minimum Gasteiger partial charge on any atom is -0.497 e. The molecule has 0 atom stereocenters. The van der Waals surface area contributed by atoms with Crippen LogP contribution in [-0.2, 0) is 19.6 Å². The number of methoxy groups -OCH3 is 1. The van der Waals surface area contributed by atoms with E-state index in [2.05, 4.69) is 17.0 Å². The van der Waals surface area contributed by atoms with Gasteiger partial charge in [0, 0.05) is 6.54 Å². The zero-order chi connectivity index (χ0) is 15.1. The zero-order valence-electron chi connectivity index (χ0n) is 12.6. The summed E-state index contributed by atoms with van der Waals surface area (Å²) in [6.07, 6.45) is 3.31. The average molecular weight is 290 g/mol. The highest BCUT2D eigenvalue weighted by atomic mass is 16.5. The van der Waals surface area contributed by atoms with Crippen molar-refractivity contribution < 1.29 is 9.47 Å². The second-order valence-electron chi connectivity index (χ2n) is 4.70. The number of rotatable bonds is 8. The molecule has 0 saturated carbocycles. The lowest BCUT2D eigenvalue weighted by Gasteiger charge is -2.12. The molecule has 0 spiro atoms. The minimum absolute atomic E-state index is 0.393. The molecule has 0 unspecified atom stereocenters. The van der Waals surface area contributed by atoms with Crippen molar-refractivity contribution >= 4 is 0 Å². The number of nitrogens with two attached hydrogens (primary N) is 1. The van der Waals surface area contributed by atoms with Crippen molar-refractivity contribution in [2.24, 2.45) is 5.73 Å². The summed E-state index contributed by atoms with van der Waals surface area (Å²) in [6.45, 7) is 3.91. The highest BCUT2D eigenvalue weighted by Crippen LogP contribution is 2.25. The molecule has 1 heterocycles. The molecule has 2 aromatic rings. The third-order valence-corrected chi connectivity index (χ3v) is 3.17. The van der Waals surface area contributed by atoms with Gasteiger partial charge in [0.25, 0.3) is 0 Å². The standard InChI is InChI=1S/C15H22N4O2/c1-3-8-19-15(17-11-18-19)10-21-14-5-4-13(20-2)9-12(14)6-7-16/h4-5,9,11H,3,6-8,10,16H2,1-2H3. The summed E-state index contributed by atoms with van der Waals surface area (Å²) in [5, 5.41) is 4.19. The highest BCUT2D eigenvalue weighted by molar-refractivity contribution is 5.40. The first-order valence-electron chi connectivity index (χ1n) is 7.15. The highest BCUT2D eigenvalue weighted by Gasteiger charge is 2.08. The van der Waals surface area contributed by atoms with E-state index in [0.717, 1.165) is 42.3 Å². The Balaban J connectivity index is 2.09. The first-order chi connectivity index (χ1) is 10.3. The molecule has 1 aromatic heterocycles. The van der Waals surface area contributed by atoms with Crippen LogP contribution in [0.3, 0.4) is 0 Å². The van der Waals surface area contributed by atoms with E-state index in [0.29, 0.717) is 13.2 Å². The summed E-state index contributed by atoms with van der Waals surface area (Å²) < 4.78 is 13.0. The molecule has 0 aliphatic carbocycles. The van der Waals surface area contributed by atoms with Crippen molar-refractivity contribution in [1.82, 2.24) is 14.8 Å². The first kappa shape index (κ1) is 15.3. The molecule has 0 aliphatic heterocycles. The maximum Gasteiger partial charge on any atom is 0.164 e. The third-order valence-electron chi connectivity index (χ3n) is 3.17. The molecule has 0 bridgehead atoms. The van der Waals surface area contributed by atoms with Crippen molar-refractivity contribution in [2.45, 2.75) is 32.9 Å². The van der Waals surface area contributed by atoms with Gasteiger partial charge in [0.05, 0.1) is 7.11 Å². The molecule has 0 aliphatic rings. The summed E-state index contributed by atoms with van der Waals surface area (Å²) in [5.74, 6) is 2.44. The Bertz CT molecular complexity index is 569. The van der Waals surface area contributed by atoms with E-state index in [4.69, 9.17) is 15.2 Å². The first-order valence-corrected chi connectivity index (χ1v) is 7.15. The van der Waals surface area contributed by atoms with Gasteiger partial charge in [0.1, 0.15) is 24.4 Å². The molecule has 6 heteroatoms. The topological polar surface area (TPSA) is 75.2 Å². The van der Waals surface area contributed by atoms with Crippen molar-refractivity contribution in [2.75, 3.05) is 13.7 Å². The minimum atomic E-state index is 0.393. The third kappa shape index (κ3) is 3.95. The van der Waals surface area contributed by atoms with E-state index in [-0.39, 0.29) is 0 Å². The van der Waals surface area contributed by atoms with E-state index in [1.807, 2.05) is 22.9 Å². The van der Waals surface area contributed by atoms with Crippen LogP contribution in [0, 0.1) is 0 Å². The van der Waals surface area contributed by atoms with Crippen LogP contribution in [0.15, 0.2) is 24.5 Å². The number of hydrogen-bond donors (Lipinski definition) is 1. The number of ether oxygens (including phenoxy) is 2. The normalized spacial score (nSPS) is 10.6. The van der Waals surface area contributed by atoms with Gasteiger partial charge >= 0.3 is 0 Å². The average Bonchev–Trinajstić information content (AvgIpc) is 2.94. The molecular formula is C15H22N4O2. The van der Waals surface area contributed by atoms with E-state index in [9.17, 15) is 0 Å². The van der Waals surface area contributed by atoms with Crippen LogP contribution in [0.1, 0.15) is 24.7 Å². The fourth-order valence-electron chi connectivity index (χ4n) is 2.12. The fourth-order valence-corrected chi connectivity index (χ4v) is 2.12. The molecule has 2 N–H and O–H groups in total. The second-order valence-corrected chi connectivity index (χ2v) is 4.70. The molecule has 6 nitrogen and oxygen atoms in total. The van der Waals surface area contributed by atoms with Crippen molar-refractivity contribution in [3.8, 4) is 11.5 Å². The van der Waals surface area contributed by atoms with Gasteiger partial charge in [-0.05, 0) is 43.1 Å². The molecule has 0 radical (unpaired) electrons. The van der Waals surface area contributed by atoms with Gasteiger partial charge in [0.15, 0.2) is 5.82 Å². The summed E-state index contributed by atoms with van der Waals surface area (Å²) in [7, 11) is 1.65. The van der Waals surface area contributed by atoms with Gasteiger partial charge < -0.3 is 15.2 Å². The van der Waals surface area contributed by atoms with Gasteiger partial charge in [-0.25, -0.2) is 9.67 Å². The van der Waals surface area contributed by atoms with Gasteiger partial charge in [-0.3, -0.25) is 0 Å². The zero-order valence-corrected chi connectivity index (χ0v) is 12.6. The SMILES string of the molecule is CCCn1ncnc1COc1ccc(OC)cc1CCN. The Morgan fingerprint density at radius 2 is 2.19 bits per heavy atom. The van der Waals surface area contributed by atoms with Crippen LogP contribution < -0.4 is 15.2 Å². The number of benzene rings is 1.